The maximum atomic E-state index is 5.99. The standard InChI is InChI=1S/C10H14ClN3/c1-6-7(2)13-10(9(11)12-6)14-8-4-3-5-8/h8H,3-5H2,1-2H3,(H,13,14). The second-order valence-corrected chi connectivity index (χ2v) is 4.16. The second-order valence-electron chi connectivity index (χ2n) is 3.81. The van der Waals surface area contributed by atoms with E-state index in [1.165, 1.54) is 19.3 Å². The molecule has 1 heterocycles. The average molecular weight is 212 g/mol. The number of rotatable bonds is 2. The van der Waals surface area contributed by atoms with Crippen molar-refractivity contribution < 1.29 is 0 Å². The van der Waals surface area contributed by atoms with Crippen molar-refractivity contribution in [1.82, 2.24) is 9.97 Å². The molecule has 0 radical (unpaired) electrons. The number of aromatic nitrogens is 2. The summed E-state index contributed by atoms with van der Waals surface area (Å²) >= 11 is 5.99. The summed E-state index contributed by atoms with van der Waals surface area (Å²) < 4.78 is 0. The quantitative estimate of drug-likeness (QED) is 0.818. The van der Waals surface area contributed by atoms with Gasteiger partial charge < -0.3 is 5.32 Å². The largest absolute Gasteiger partial charge is 0.365 e. The third kappa shape index (κ3) is 1.82. The lowest BCUT2D eigenvalue weighted by Gasteiger charge is -2.27. The average Bonchev–Trinajstić information content (AvgIpc) is 2.06. The number of nitrogens with zero attached hydrogens (tertiary/aromatic N) is 2. The highest BCUT2D eigenvalue weighted by Crippen LogP contribution is 2.26. The van der Waals surface area contributed by atoms with Gasteiger partial charge in [-0.25, -0.2) is 9.97 Å². The van der Waals surface area contributed by atoms with Crippen molar-refractivity contribution in [1.29, 1.82) is 0 Å². The van der Waals surface area contributed by atoms with E-state index in [2.05, 4.69) is 15.3 Å². The van der Waals surface area contributed by atoms with Crippen LogP contribution < -0.4 is 5.32 Å². The molecule has 3 nitrogen and oxygen atoms in total. The highest BCUT2D eigenvalue weighted by molar-refractivity contribution is 6.31. The Balaban J connectivity index is 2.19. The SMILES string of the molecule is Cc1nc(Cl)c(NC2CCC2)nc1C. The predicted octanol–water partition coefficient (Wildman–Crippen LogP) is 2.71. The van der Waals surface area contributed by atoms with Gasteiger partial charge in [-0.3, -0.25) is 0 Å². The molecule has 0 atom stereocenters. The van der Waals surface area contributed by atoms with Gasteiger partial charge in [0.15, 0.2) is 11.0 Å². The third-order valence-electron chi connectivity index (χ3n) is 2.71. The minimum atomic E-state index is 0.486. The van der Waals surface area contributed by atoms with Crippen molar-refractivity contribution in [2.24, 2.45) is 0 Å². The molecule has 2 rings (SSSR count). The summed E-state index contributed by atoms with van der Waals surface area (Å²) in [5, 5.41) is 3.80. The molecule has 1 aliphatic carbocycles. The molecular formula is C10H14ClN3. The van der Waals surface area contributed by atoms with Crippen LogP contribution in [0.4, 0.5) is 5.82 Å². The number of anilines is 1. The van der Waals surface area contributed by atoms with Crippen molar-refractivity contribution in [2.45, 2.75) is 39.2 Å². The van der Waals surface area contributed by atoms with Gasteiger partial charge >= 0.3 is 0 Å². The Morgan fingerprint density at radius 1 is 1.21 bits per heavy atom. The first-order valence-electron chi connectivity index (χ1n) is 4.94. The molecule has 0 unspecified atom stereocenters. The lowest BCUT2D eigenvalue weighted by atomic mass is 9.93. The van der Waals surface area contributed by atoms with Gasteiger partial charge in [0.25, 0.3) is 0 Å². The van der Waals surface area contributed by atoms with Gasteiger partial charge in [-0.15, -0.1) is 0 Å². The molecule has 0 spiro atoms. The number of halogens is 1. The van der Waals surface area contributed by atoms with Crippen LogP contribution in [0.3, 0.4) is 0 Å². The van der Waals surface area contributed by atoms with Crippen molar-refractivity contribution in [3.63, 3.8) is 0 Å². The fourth-order valence-corrected chi connectivity index (χ4v) is 1.64. The molecule has 14 heavy (non-hydrogen) atoms. The fraction of sp³-hybridized carbons (Fsp3) is 0.600. The van der Waals surface area contributed by atoms with E-state index in [0.29, 0.717) is 11.2 Å². The van der Waals surface area contributed by atoms with E-state index in [9.17, 15) is 0 Å². The molecule has 1 aromatic heterocycles. The molecule has 1 saturated carbocycles. The Morgan fingerprint density at radius 2 is 1.86 bits per heavy atom. The first kappa shape index (κ1) is 9.71. The molecule has 1 N–H and O–H groups in total. The van der Waals surface area contributed by atoms with Crippen molar-refractivity contribution in [2.75, 3.05) is 5.32 Å². The molecule has 1 aliphatic rings. The summed E-state index contributed by atoms with van der Waals surface area (Å²) in [6.07, 6.45) is 3.73. The van der Waals surface area contributed by atoms with E-state index in [1.807, 2.05) is 13.8 Å². The van der Waals surface area contributed by atoms with Crippen LogP contribution in [0.5, 0.6) is 0 Å². The van der Waals surface area contributed by atoms with Crippen LogP contribution in [0.2, 0.25) is 5.15 Å². The minimum Gasteiger partial charge on any atom is -0.365 e. The third-order valence-corrected chi connectivity index (χ3v) is 2.97. The van der Waals surface area contributed by atoms with Crippen LogP contribution in [0.15, 0.2) is 0 Å². The van der Waals surface area contributed by atoms with E-state index < -0.39 is 0 Å². The molecule has 0 amide bonds. The molecule has 0 aliphatic heterocycles. The van der Waals surface area contributed by atoms with Gasteiger partial charge in [-0.05, 0) is 33.1 Å². The van der Waals surface area contributed by atoms with Crippen LogP contribution >= 0.6 is 11.6 Å². The number of hydrogen-bond acceptors (Lipinski definition) is 3. The fourth-order valence-electron chi connectivity index (χ4n) is 1.41. The zero-order valence-corrected chi connectivity index (χ0v) is 9.23. The van der Waals surface area contributed by atoms with Gasteiger partial charge in [-0.2, -0.15) is 0 Å². The Kier molecular flexibility index (Phi) is 2.59. The van der Waals surface area contributed by atoms with E-state index in [4.69, 9.17) is 11.6 Å². The summed E-state index contributed by atoms with van der Waals surface area (Å²) in [5.41, 5.74) is 1.84. The van der Waals surface area contributed by atoms with Crippen LogP contribution in [-0.2, 0) is 0 Å². The summed E-state index contributed by atoms with van der Waals surface area (Å²) in [6.45, 7) is 3.87. The normalized spacial score (nSPS) is 16.5. The van der Waals surface area contributed by atoms with Crippen molar-refractivity contribution in [3.05, 3.63) is 16.5 Å². The zero-order chi connectivity index (χ0) is 10.1. The topological polar surface area (TPSA) is 37.8 Å². The predicted molar refractivity (Wildman–Crippen MR) is 57.8 cm³/mol. The molecule has 1 aromatic rings. The van der Waals surface area contributed by atoms with Gasteiger partial charge in [0.2, 0.25) is 0 Å². The molecule has 1 fully saturated rings. The Hall–Kier alpha value is -0.830. The highest BCUT2D eigenvalue weighted by atomic mass is 35.5. The first-order chi connectivity index (χ1) is 6.66. The molecule has 0 aromatic carbocycles. The minimum absolute atomic E-state index is 0.486. The first-order valence-corrected chi connectivity index (χ1v) is 5.32. The highest BCUT2D eigenvalue weighted by Gasteiger charge is 2.19. The molecule has 0 saturated heterocycles. The Bertz CT molecular complexity index is 347. The second kappa shape index (κ2) is 3.73. The van der Waals surface area contributed by atoms with Crippen LogP contribution in [0.25, 0.3) is 0 Å². The van der Waals surface area contributed by atoms with Crippen LogP contribution in [0, 0.1) is 13.8 Å². The van der Waals surface area contributed by atoms with E-state index in [1.54, 1.807) is 0 Å². The van der Waals surface area contributed by atoms with Gasteiger partial charge in [0, 0.05) is 6.04 Å². The maximum absolute atomic E-state index is 5.99. The molecule has 4 heteroatoms. The summed E-state index contributed by atoms with van der Waals surface area (Å²) in [6, 6.07) is 0.545. The molecule has 76 valence electrons. The van der Waals surface area contributed by atoms with Crippen molar-refractivity contribution >= 4 is 17.4 Å². The van der Waals surface area contributed by atoms with Gasteiger partial charge in [0.05, 0.1) is 11.4 Å². The Morgan fingerprint density at radius 3 is 2.43 bits per heavy atom. The maximum Gasteiger partial charge on any atom is 0.171 e. The van der Waals surface area contributed by atoms with Crippen LogP contribution in [0.1, 0.15) is 30.7 Å². The van der Waals surface area contributed by atoms with E-state index in [0.717, 1.165) is 17.2 Å². The van der Waals surface area contributed by atoms with Gasteiger partial charge in [0.1, 0.15) is 0 Å². The summed E-state index contributed by atoms with van der Waals surface area (Å²) in [7, 11) is 0. The van der Waals surface area contributed by atoms with E-state index >= 15 is 0 Å². The Labute approximate surface area is 88.9 Å². The monoisotopic (exact) mass is 211 g/mol. The lowest BCUT2D eigenvalue weighted by molar-refractivity contribution is 0.444. The smallest absolute Gasteiger partial charge is 0.171 e. The number of aryl methyl sites for hydroxylation is 2. The summed E-state index contributed by atoms with van der Waals surface area (Å²) in [5.74, 6) is 0.736. The summed E-state index contributed by atoms with van der Waals surface area (Å²) in [4.78, 5) is 8.61. The zero-order valence-electron chi connectivity index (χ0n) is 8.47. The molecular weight excluding hydrogens is 198 g/mol. The van der Waals surface area contributed by atoms with Gasteiger partial charge in [-0.1, -0.05) is 11.6 Å². The number of hydrogen-bond donors (Lipinski definition) is 1. The van der Waals surface area contributed by atoms with Crippen LogP contribution in [-0.4, -0.2) is 16.0 Å². The lowest BCUT2D eigenvalue weighted by Crippen LogP contribution is -2.28. The van der Waals surface area contributed by atoms with Crippen molar-refractivity contribution in [3.8, 4) is 0 Å². The molecule has 0 bridgehead atoms. The van der Waals surface area contributed by atoms with E-state index in [-0.39, 0.29) is 0 Å². The number of nitrogens with one attached hydrogen (secondary N) is 1.